The van der Waals surface area contributed by atoms with E-state index in [1.54, 1.807) is 0 Å². The fraction of sp³-hybridized carbons (Fsp3) is 0.698. The summed E-state index contributed by atoms with van der Waals surface area (Å²) in [6.45, 7) is 4.76. The van der Waals surface area contributed by atoms with Crippen molar-refractivity contribution in [3.63, 3.8) is 0 Å². The summed E-state index contributed by atoms with van der Waals surface area (Å²) in [4.78, 5) is 23.3. The van der Waals surface area contributed by atoms with Crippen LogP contribution in [0.25, 0.3) is 0 Å². The van der Waals surface area contributed by atoms with Crippen LogP contribution >= 0.6 is 7.82 Å². The molecule has 0 aliphatic heterocycles. The van der Waals surface area contributed by atoms with Crippen molar-refractivity contribution in [3.05, 3.63) is 109 Å². The summed E-state index contributed by atoms with van der Waals surface area (Å²) in [6.07, 6.45) is 77.1. The van der Waals surface area contributed by atoms with Crippen LogP contribution in [0, 0.1) is 0 Å². The van der Waals surface area contributed by atoms with Gasteiger partial charge in [0.05, 0.1) is 39.9 Å². The summed E-state index contributed by atoms with van der Waals surface area (Å²) >= 11 is 0. The Balaban J connectivity index is 4.24. The van der Waals surface area contributed by atoms with Crippen LogP contribution in [0.5, 0.6) is 0 Å². The maximum absolute atomic E-state index is 13.0. The molecule has 0 rings (SSSR count). The van der Waals surface area contributed by atoms with Crippen LogP contribution in [0.15, 0.2) is 109 Å². The zero-order valence-corrected chi connectivity index (χ0v) is 48.0. The number of hydrogen-bond acceptors (Lipinski definition) is 5. The predicted molar refractivity (Wildman–Crippen MR) is 313 cm³/mol. The first-order valence-electron chi connectivity index (χ1n) is 29.3. The third-order valence-electron chi connectivity index (χ3n) is 12.5. The Bertz CT molecular complexity index is 1540. The number of phosphoric acid groups is 1. The first-order chi connectivity index (χ1) is 35.0. The number of likely N-dealkylation sites (N-methyl/N-ethyl adjacent to an activating group) is 1. The van der Waals surface area contributed by atoms with Crippen molar-refractivity contribution >= 4 is 13.7 Å². The molecule has 0 fully saturated rings. The molecule has 8 nitrogen and oxygen atoms in total. The average molecular weight is 1020 g/mol. The van der Waals surface area contributed by atoms with Gasteiger partial charge in [0.15, 0.2) is 0 Å². The molecule has 3 unspecified atom stereocenters. The molecular weight excluding hydrogens is 912 g/mol. The number of nitrogens with one attached hydrogen (secondary N) is 1. The van der Waals surface area contributed by atoms with E-state index < -0.39 is 20.0 Å². The number of aliphatic hydroxyl groups is 1. The van der Waals surface area contributed by atoms with Crippen LogP contribution in [0.1, 0.15) is 232 Å². The zero-order valence-electron chi connectivity index (χ0n) is 47.1. The first kappa shape index (κ1) is 69.2. The van der Waals surface area contributed by atoms with Gasteiger partial charge in [-0.3, -0.25) is 13.8 Å². The smallest absolute Gasteiger partial charge is 0.391 e. The number of nitrogens with zero attached hydrogens (tertiary/aromatic N) is 1. The molecule has 0 aromatic carbocycles. The van der Waals surface area contributed by atoms with Crippen molar-refractivity contribution in [2.75, 3.05) is 40.9 Å². The number of phosphoric ester groups is 1. The Labute approximate surface area is 444 Å². The maximum Gasteiger partial charge on any atom is 0.472 e. The van der Waals surface area contributed by atoms with Crippen molar-refractivity contribution in [3.8, 4) is 0 Å². The molecule has 1 amide bonds. The lowest BCUT2D eigenvalue weighted by molar-refractivity contribution is -0.870. The Morgan fingerprint density at radius 1 is 0.486 bits per heavy atom. The monoisotopic (exact) mass is 1020 g/mol. The van der Waals surface area contributed by atoms with E-state index in [1.807, 2.05) is 21.1 Å². The number of carbonyl (C=O) groups is 1. The van der Waals surface area contributed by atoms with Gasteiger partial charge in [-0.2, -0.15) is 0 Å². The van der Waals surface area contributed by atoms with E-state index in [2.05, 4.69) is 129 Å². The predicted octanol–water partition coefficient (Wildman–Crippen LogP) is 18.0. The molecule has 0 aliphatic rings. The van der Waals surface area contributed by atoms with Crippen LogP contribution in [0.2, 0.25) is 0 Å². The van der Waals surface area contributed by atoms with Gasteiger partial charge in [-0.1, -0.05) is 252 Å². The second-order valence-corrected chi connectivity index (χ2v) is 22.1. The number of rotatable bonds is 52. The second-order valence-electron chi connectivity index (χ2n) is 20.6. The molecule has 0 saturated heterocycles. The Morgan fingerprint density at radius 2 is 0.833 bits per heavy atom. The van der Waals surface area contributed by atoms with E-state index in [-0.39, 0.29) is 19.1 Å². The highest BCUT2D eigenvalue weighted by Crippen LogP contribution is 2.43. The van der Waals surface area contributed by atoms with E-state index in [9.17, 15) is 19.4 Å². The number of hydrogen-bond donors (Lipinski definition) is 3. The summed E-state index contributed by atoms with van der Waals surface area (Å²) in [5.74, 6) is -0.167. The Hall–Kier alpha value is -2.84. The highest BCUT2D eigenvalue weighted by Gasteiger charge is 2.28. The van der Waals surface area contributed by atoms with Crippen LogP contribution in [0.3, 0.4) is 0 Å². The third kappa shape index (κ3) is 54.9. The molecule has 3 N–H and O–H groups in total. The fourth-order valence-corrected chi connectivity index (χ4v) is 8.72. The molecule has 0 saturated carbocycles. The van der Waals surface area contributed by atoms with Crippen LogP contribution in [-0.4, -0.2) is 73.4 Å². The highest BCUT2D eigenvalue weighted by atomic mass is 31.2. The van der Waals surface area contributed by atoms with Gasteiger partial charge in [-0.25, -0.2) is 4.57 Å². The van der Waals surface area contributed by atoms with Crippen molar-refractivity contribution in [2.24, 2.45) is 0 Å². The number of allylic oxidation sites excluding steroid dienone is 18. The maximum atomic E-state index is 13.0. The summed E-state index contributed by atoms with van der Waals surface area (Å²) in [5.41, 5.74) is 0. The number of unbranched alkanes of at least 4 members (excludes halogenated alkanes) is 21. The lowest BCUT2D eigenvalue weighted by Crippen LogP contribution is -2.46. The zero-order chi connectivity index (χ0) is 52.7. The summed E-state index contributed by atoms with van der Waals surface area (Å²) in [5, 5.41) is 14.0. The molecule has 414 valence electrons. The molecule has 0 aliphatic carbocycles. The van der Waals surface area contributed by atoms with E-state index >= 15 is 0 Å². The number of carbonyl (C=O) groups excluding carboxylic acids is 1. The Kier molecular flexibility index (Phi) is 50.9. The van der Waals surface area contributed by atoms with E-state index in [0.29, 0.717) is 23.9 Å². The molecule has 0 heterocycles. The number of aliphatic hydroxyl groups excluding tert-OH is 1. The Morgan fingerprint density at radius 3 is 1.22 bits per heavy atom. The van der Waals surface area contributed by atoms with Gasteiger partial charge in [0, 0.05) is 6.42 Å². The molecule has 0 radical (unpaired) electrons. The van der Waals surface area contributed by atoms with Gasteiger partial charge in [-0.15, -0.1) is 0 Å². The molecule has 0 aromatic rings. The van der Waals surface area contributed by atoms with Gasteiger partial charge in [0.2, 0.25) is 5.91 Å². The SMILES string of the molecule is CC/C=C\C/C=C\C/C=C\C/C=C\C/C=C\C/C=C\C/C=C\C/C=C\C/C=C\CCCCCCCC(=O)NC(COP(=O)(O)OCC[N+](C)(C)C)C(O)CCCCCCCCCCCCCCCCCCC. The topological polar surface area (TPSA) is 105 Å². The van der Waals surface area contributed by atoms with Crippen LogP contribution in [-0.2, 0) is 18.4 Å². The van der Waals surface area contributed by atoms with E-state index in [4.69, 9.17) is 9.05 Å². The normalized spacial score (nSPS) is 14.7. The second kappa shape index (κ2) is 53.0. The minimum absolute atomic E-state index is 0.0650. The van der Waals surface area contributed by atoms with Crippen molar-refractivity contribution < 1.29 is 32.9 Å². The molecule has 0 bridgehead atoms. The van der Waals surface area contributed by atoms with E-state index in [1.165, 1.54) is 89.9 Å². The summed E-state index contributed by atoms with van der Waals surface area (Å²) < 4.78 is 23.8. The highest BCUT2D eigenvalue weighted by molar-refractivity contribution is 7.47. The van der Waals surface area contributed by atoms with Gasteiger partial charge < -0.3 is 19.8 Å². The number of quaternary nitrogens is 1. The quantitative estimate of drug-likeness (QED) is 0.0243. The summed E-state index contributed by atoms with van der Waals surface area (Å²) in [6, 6.07) is -0.779. The molecule has 0 aromatic heterocycles. The fourth-order valence-electron chi connectivity index (χ4n) is 7.98. The summed E-state index contributed by atoms with van der Waals surface area (Å²) in [7, 11) is 1.59. The molecule has 9 heteroatoms. The van der Waals surface area contributed by atoms with Crippen molar-refractivity contribution in [1.82, 2.24) is 5.32 Å². The van der Waals surface area contributed by atoms with Crippen LogP contribution in [0.4, 0.5) is 0 Å². The van der Waals surface area contributed by atoms with Gasteiger partial charge in [-0.05, 0) is 83.5 Å². The van der Waals surface area contributed by atoms with Crippen molar-refractivity contribution in [2.45, 2.75) is 244 Å². The third-order valence-corrected chi connectivity index (χ3v) is 13.5. The van der Waals surface area contributed by atoms with Gasteiger partial charge in [0.1, 0.15) is 13.2 Å². The van der Waals surface area contributed by atoms with Gasteiger partial charge >= 0.3 is 7.82 Å². The standard InChI is InChI=1S/C63H111N2O6P/c1-6-8-10-12-14-16-18-20-22-24-25-26-27-28-29-30-31-32-33-34-35-36-37-38-39-41-43-45-47-49-51-53-55-57-63(67)64-61(60-71-72(68,69)70-59-58-65(3,4)5)62(66)56-54-52-50-48-46-44-42-40-23-21-19-17-15-13-11-9-7-2/h8,10,14,16,20,22,25-26,28-29,31-32,34-35,37-38,41,43,61-62,66H,6-7,9,11-13,15,17-19,21,23-24,27,30,33,36,39-40,42,44-60H2,1-5H3,(H-,64,67,68,69)/p+1/b10-8-,16-14-,22-20-,26-25-,29-28-,32-31-,35-34-,38-37-,43-41-. The first-order valence-corrected chi connectivity index (χ1v) is 30.7. The lowest BCUT2D eigenvalue weighted by Gasteiger charge is -2.26. The van der Waals surface area contributed by atoms with Crippen LogP contribution < -0.4 is 5.32 Å². The minimum Gasteiger partial charge on any atom is -0.391 e. The molecule has 0 spiro atoms. The lowest BCUT2D eigenvalue weighted by atomic mass is 10.0. The average Bonchev–Trinajstić information content (AvgIpc) is 3.34. The number of amides is 1. The molecule has 72 heavy (non-hydrogen) atoms. The molecular formula is C63H112N2O6P+. The van der Waals surface area contributed by atoms with Crippen molar-refractivity contribution in [1.29, 1.82) is 0 Å². The largest absolute Gasteiger partial charge is 0.472 e. The van der Waals surface area contributed by atoms with Gasteiger partial charge in [0.25, 0.3) is 0 Å². The van der Waals surface area contributed by atoms with E-state index in [0.717, 1.165) is 116 Å². The molecule has 3 atom stereocenters. The minimum atomic E-state index is -4.34.